The molecule has 0 aromatic heterocycles. The average Bonchev–Trinajstić information content (AvgIpc) is 2.85. The molecule has 1 fully saturated rings. The molecule has 1 aromatic rings. The summed E-state index contributed by atoms with van der Waals surface area (Å²) in [6, 6.07) is 7.53. The van der Waals surface area contributed by atoms with Crippen LogP contribution in [-0.4, -0.2) is 16.6 Å². The zero-order valence-electron chi connectivity index (χ0n) is 10.5. The average molecular weight is 248 g/mol. The van der Waals surface area contributed by atoms with Gasteiger partial charge in [-0.2, -0.15) is 0 Å². The van der Waals surface area contributed by atoms with Gasteiger partial charge in [0.2, 0.25) is 5.91 Å². The Hall–Kier alpha value is -1.39. The summed E-state index contributed by atoms with van der Waals surface area (Å²) >= 11 is 0. The van der Waals surface area contributed by atoms with Crippen LogP contribution in [0.25, 0.3) is 0 Å². The lowest BCUT2D eigenvalue weighted by Gasteiger charge is -2.22. The Kier molecular flexibility index (Phi) is 3.99. The van der Waals surface area contributed by atoms with Crippen LogP contribution < -0.4 is 11.1 Å². The highest BCUT2D eigenvalue weighted by Crippen LogP contribution is 2.27. The maximum absolute atomic E-state index is 12.0. The zero-order chi connectivity index (χ0) is 13.0. The fourth-order valence-corrected chi connectivity index (χ4v) is 2.35. The molecule has 4 N–H and O–H groups in total. The van der Waals surface area contributed by atoms with Crippen molar-refractivity contribution in [3.63, 3.8) is 0 Å². The van der Waals surface area contributed by atoms with Gasteiger partial charge in [-0.15, -0.1) is 0 Å². The van der Waals surface area contributed by atoms with Crippen molar-refractivity contribution in [1.29, 1.82) is 0 Å². The van der Waals surface area contributed by atoms with Crippen LogP contribution in [0.2, 0.25) is 0 Å². The van der Waals surface area contributed by atoms with Gasteiger partial charge in [0.05, 0.1) is 12.1 Å². The Morgan fingerprint density at radius 3 is 2.33 bits per heavy atom. The highest BCUT2D eigenvalue weighted by Gasteiger charge is 2.36. The van der Waals surface area contributed by atoms with E-state index in [1.54, 1.807) is 0 Å². The van der Waals surface area contributed by atoms with E-state index in [1.165, 1.54) is 0 Å². The number of rotatable bonds is 4. The summed E-state index contributed by atoms with van der Waals surface area (Å²) < 4.78 is 0. The molecular formula is C14H20N2O2. The topological polar surface area (TPSA) is 75.4 Å². The molecule has 0 unspecified atom stereocenters. The quantitative estimate of drug-likeness (QED) is 0.746. The van der Waals surface area contributed by atoms with E-state index >= 15 is 0 Å². The van der Waals surface area contributed by atoms with E-state index < -0.39 is 5.54 Å². The van der Waals surface area contributed by atoms with E-state index in [0.29, 0.717) is 6.54 Å². The van der Waals surface area contributed by atoms with E-state index in [4.69, 9.17) is 10.8 Å². The lowest BCUT2D eigenvalue weighted by Crippen LogP contribution is -2.51. The largest absolute Gasteiger partial charge is 0.392 e. The van der Waals surface area contributed by atoms with E-state index in [2.05, 4.69) is 5.32 Å². The Bertz CT molecular complexity index is 408. The van der Waals surface area contributed by atoms with Gasteiger partial charge < -0.3 is 16.2 Å². The highest BCUT2D eigenvalue weighted by molar-refractivity contribution is 5.86. The third-order valence-corrected chi connectivity index (χ3v) is 3.61. The first-order valence-electron chi connectivity index (χ1n) is 6.40. The van der Waals surface area contributed by atoms with E-state index in [1.807, 2.05) is 24.3 Å². The van der Waals surface area contributed by atoms with Crippen LogP contribution in [0.1, 0.15) is 36.8 Å². The second kappa shape index (κ2) is 5.50. The predicted octanol–water partition coefficient (Wildman–Crippen LogP) is 1.07. The number of carbonyl (C=O) groups excluding carboxylic acids is 1. The Labute approximate surface area is 107 Å². The van der Waals surface area contributed by atoms with Crippen LogP contribution in [0.3, 0.4) is 0 Å². The maximum atomic E-state index is 12.0. The molecule has 1 amide bonds. The van der Waals surface area contributed by atoms with Crippen LogP contribution >= 0.6 is 0 Å². The number of hydrogen-bond donors (Lipinski definition) is 3. The first kappa shape index (κ1) is 13.1. The molecule has 0 saturated heterocycles. The molecule has 4 nitrogen and oxygen atoms in total. The molecule has 0 heterocycles. The SMILES string of the molecule is NC1(C(=O)NCc2ccc(CO)cc2)CCCC1. The molecule has 18 heavy (non-hydrogen) atoms. The normalized spacial score (nSPS) is 17.7. The summed E-state index contributed by atoms with van der Waals surface area (Å²) in [6.45, 7) is 0.530. The molecule has 1 aliphatic rings. The number of aliphatic hydroxyl groups excluding tert-OH is 1. The highest BCUT2D eigenvalue weighted by atomic mass is 16.3. The van der Waals surface area contributed by atoms with Crippen LogP contribution in [0, 0.1) is 0 Å². The Morgan fingerprint density at radius 2 is 1.78 bits per heavy atom. The van der Waals surface area contributed by atoms with Gasteiger partial charge in [0, 0.05) is 6.54 Å². The monoisotopic (exact) mass is 248 g/mol. The van der Waals surface area contributed by atoms with Gasteiger partial charge in [0.15, 0.2) is 0 Å². The van der Waals surface area contributed by atoms with Crippen molar-refractivity contribution in [2.75, 3.05) is 0 Å². The van der Waals surface area contributed by atoms with Crippen molar-refractivity contribution in [2.45, 2.75) is 44.4 Å². The maximum Gasteiger partial charge on any atom is 0.240 e. The first-order valence-corrected chi connectivity index (χ1v) is 6.40. The number of nitrogens with one attached hydrogen (secondary N) is 1. The van der Waals surface area contributed by atoms with Crippen molar-refractivity contribution in [2.24, 2.45) is 5.73 Å². The van der Waals surface area contributed by atoms with Crippen LogP contribution in [-0.2, 0) is 17.9 Å². The number of aliphatic hydroxyl groups is 1. The number of hydrogen-bond acceptors (Lipinski definition) is 3. The Balaban J connectivity index is 1.88. The molecule has 4 heteroatoms. The molecule has 98 valence electrons. The van der Waals surface area contributed by atoms with Crippen molar-refractivity contribution in [3.8, 4) is 0 Å². The summed E-state index contributed by atoms with van der Waals surface area (Å²) in [5.74, 6) is -0.0498. The van der Waals surface area contributed by atoms with Gasteiger partial charge in [-0.1, -0.05) is 37.1 Å². The van der Waals surface area contributed by atoms with E-state index in [9.17, 15) is 4.79 Å². The van der Waals surface area contributed by atoms with E-state index in [-0.39, 0.29) is 12.5 Å². The fourth-order valence-electron chi connectivity index (χ4n) is 2.35. The minimum Gasteiger partial charge on any atom is -0.392 e. The van der Waals surface area contributed by atoms with Gasteiger partial charge in [0.1, 0.15) is 0 Å². The summed E-state index contributed by atoms with van der Waals surface area (Å²) in [7, 11) is 0. The van der Waals surface area contributed by atoms with Crippen LogP contribution in [0.4, 0.5) is 0 Å². The van der Waals surface area contributed by atoms with Crippen LogP contribution in [0.5, 0.6) is 0 Å². The second-order valence-corrected chi connectivity index (χ2v) is 5.02. The number of nitrogens with two attached hydrogens (primary N) is 1. The minimum atomic E-state index is -0.662. The summed E-state index contributed by atoms with van der Waals surface area (Å²) in [5, 5.41) is 11.8. The molecule has 1 aliphatic carbocycles. The van der Waals surface area contributed by atoms with Crippen molar-refractivity contribution in [1.82, 2.24) is 5.32 Å². The number of amides is 1. The molecule has 0 atom stereocenters. The lowest BCUT2D eigenvalue weighted by molar-refractivity contribution is -0.126. The summed E-state index contributed by atoms with van der Waals surface area (Å²) in [4.78, 5) is 12.0. The lowest BCUT2D eigenvalue weighted by atomic mass is 9.98. The fraction of sp³-hybridized carbons (Fsp3) is 0.500. The van der Waals surface area contributed by atoms with Crippen LogP contribution in [0.15, 0.2) is 24.3 Å². The van der Waals surface area contributed by atoms with Gasteiger partial charge in [-0.3, -0.25) is 4.79 Å². The minimum absolute atomic E-state index is 0.0402. The summed E-state index contributed by atoms with van der Waals surface area (Å²) in [6.07, 6.45) is 3.63. The molecule has 1 saturated carbocycles. The smallest absolute Gasteiger partial charge is 0.240 e. The standard InChI is InChI=1S/C14H20N2O2/c15-14(7-1-2-8-14)13(18)16-9-11-3-5-12(10-17)6-4-11/h3-6,17H,1-2,7-10,15H2,(H,16,18). The van der Waals surface area contributed by atoms with Gasteiger partial charge in [0.25, 0.3) is 0 Å². The number of carbonyl (C=O) groups is 1. The molecule has 0 bridgehead atoms. The number of benzene rings is 1. The van der Waals surface area contributed by atoms with Crippen molar-refractivity contribution >= 4 is 5.91 Å². The molecule has 0 radical (unpaired) electrons. The molecule has 1 aromatic carbocycles. The van der Waals surface area contributed by atoms with Gasteiger partial charge in [-0.05, 0) is 24.0 Å². The van der Waals surface area contributed by atoms with Crippen molar-refractivity contribution < 1.29 is 9.90 Å². The zero-order valence-corrected chi connectivity index (χ0v) is 10.5. The second-order valence-electron chi connectivity index (χ2n) is 5.02. The predicted molar refractivity (Wildman–Crippen MR) is 69.6 cm³/mol. The molecule has 0 spiro atoms. The van der Waals surface area contributed by atoms with Gasteiger partial charge in [-0.25, -0.2) is 0 Å². The Morgan fingerprint density at radius 1 is 1.22 bits per heavy atom. The summed E-state index contributed by atoms with van der Waals surface area (Å²) in [5.41, 5.74) is 7.29. The molecular weight excluding hydrogens is 228 g/mol. The van der Waals surface area contributed by atoms with E-state index in [0.717, 1.165) is 36.8 Å². The van der Waals surface area contributed by atoms with Gasteiger partial charge >= 0.3 is 0 Å². The van der Waals surface area contributed by atoms with Crippen molar-refractivity contribution in [3.05, 3.63) is 35.4 Å². The third kappa shape index (κ3) is 2.89. The molecule has 0 aliphatic heterocycles. The molecule has 2 rings (SSSR count). The first-order chi connectivity index (χ1) is 8.64. The third-order valence-electron chi connectivity index (χ3n) is 3.61.